The van der Waals surface area contributed by atoms with Gasteiger partial charge in [-0.1, -0.05) is 5.21 Å². The minimum atomic E-state index is 0.825. The van der Waals surface area contributed by atoms with E-state index < -0.39 is 0 Å². The van der Waals surface area contributed by atoms with Crippen LogP contribution >= 0.6 is 11.8 Å². The van der Waals surface area contributed by atoms with Gasteiger partial charge in [-0.25, -0.2) is 0 Å². The summed E-state index contributed by atoms with van der Waals surface area (Å²) in [6.45, 7) is 0. The Labute approximate surface area is 70.2 Å². The Hall–Kier alpha value is -0.580. The number of tetrazole rings is 1. The summed E-state index contributed by atoms with van der Waals surface area (Å²) in [6, 6.07) is 0. The fraction of sp³-hybridized carbons (Fsp3) is 0.833. The van der Waals surface area contributed by atoms with Crippen LogP contribution in [-0.2, 0) is 6.42 Å². The molecule has 0 spiro atoms. The van der Waals surface area contributed by atoms with Crippen LogP contribution in [0.2, 0.25) is 0 Å². The number of thioether (sulfide) groups is 1. The van der Waals surface area contributed by atoms with Crippen molar-refractivity contribution in [2.24, 2.45) is 0 Å². The summed E-state index contributed by atoms with van der Waals surface area (Å²) in [5.74, 6) is 2.05. The van der Waals surface area contributed by atoms with Crippen LogP contribution in [-0.4, -0.2) is 32.6 Å². The summed E-state index contributed by atoms with van der Waals surface area (Å²) >= 11 is 1.87. The third-order valence-electron chi connectivity index (χ3n) is 1.39. The Morgan fingerprint density at radius 1 is 1.45 bits per heavy atom. The van der Waals surface area contributed by atoms with Gasteiger partial charge in [0, 0.05) is 6.42 Å². The molecule has 0 atom stereocenters. The van der Waals surface area contributed by atoms with Crippen molar-refractivity contribution in [2.45, 2.75) is 19.3 Å². The van der Waals surface area contributed by atoms with Crippen LogP contribution in [0.25, 0.3) is 0 Å². The van der Waals surface area contributed by atoms with Crippen molar-refractivity contribution >= 4 is 11.8 Å². The van der Waals surface area contributed by atoms with Crippen molar-refractivity contribution in [3.05, 3.63) is 5.82 Å². The number of H-pyrrole nitrogens is 1. The molecule has 0 aliphatic rings. The van der Waals surface area contributed by atoms with Gasteiger partial charge in [-0.2, -0.15) is 17.0 Å². The molecule has 1 aromatic rings. The number of nitrogens with zero attached hydrogens (tertiary/aromatic N) is 3. The Bertz CT molecular complexity index is 175. The average Bonchev–Trinajstić information content (AvgIpc) is 2.50. The maximum atomic E-state index is 3.86. The Balaban J connectivity index is 2.04. The SMILES string of the molecule is CSCCCCc1nn[nH]n1. The number of hydrogen-bond donors (Lipinski definition) is 1. The molecule has 0 aliphatic carbocycles. The lowest BCUT2D eigenvalue weighted by Crippen LogP contribution is -1.89. The van der Waals surface area contributed by atoms with Crippen molar-refractivity contribution < 1.29 is 0 Å². The molecule has 1 aromatic heterocycles. The van der Waals surface area contributed by atoms with E-state index in [9.17, 15) is 0 Å². The third kappa shape index (κ3) is 3.36. The van der Waals surface area contributed by atoms with Gasteiger partial charge in [-0.05, 0) is 24.9 Å². The van der Waals surface area contributed by atoms with E-state index in [4.69, 9.17) is 0 Å². The van der Waals surface area contributed by atoms with Gasteiger partial charge >= 0.3 is 0 Å². The topological polar surface area (TPSA) is 54.5 Å². The van der Waals surface area contributed by atoms with Gasteiger partial charge in [0.25, 0.3) is 0 Å². The molecule has 5 heteroatoms. The number of nitrogens with one attached hydrogen (secondary N) is 1. The Morgan fingerprint density at radius 3 is 3.00 bits per heavy atom. The standard InChI is InChI=1S/C6H12N4S/c1-11-5-3-2-4-6-7-9-10-8-6/h2-5H2,1H3,(H,7,8,9,10). The van der Waals surface area contributed by atoms with Gasteiger partial charge in [0.2, 0.25) is 0 Å². The molecule has 0 bridgehead atoms. The van der Waals surface area contributed by atoms with Crippen molar-refractivity contribution in [3.8, 4) is 0 Å². The van der Waals surface area contributed by atoms with Crippen molar-refractivity contribution in [2.75, 3.05) is 12.0 Å². The highest BCUT2D eigenvalue weighted by Crippen LogP contribution is 2.01. The summed E-state index contributed by atoms with van der Waals surface area (Å²) < 4.78 is 0. The molecule has 0 aliphatic heterocycles. The molecular weight excluding hydrogens is 160 g/mol. The molecule has 0 amide bonds. The molecule has 0 aromatic carbocycles. The van der Waals surface area contributed by atoms with E-state index in [-0.39, 0.29) is 0 Å². The first-order valence-electron chi connectivity index (χ1n) is 3.64. The van der Waals surface area contributed by atoms with Crippen LogP contribution in [0, 0.1) is 0 Å². The lowest BCUT2D eigenvalue weighted by atomic mass is 10.2. The summed E-state index contributed by atoms with van der Waals surface area (Å²) in [5, 5.41) is 13.6. The minimum Gasteiger partial charge on any atom is -0.177 e. The van der Waals surface area contributed by atoms with Crippen LogP contribution in [0.1, 0.15) is 18.7 Å². The van der Waals surface area contributed by atoms with Crippen LogP contribution in [0.3, 0.4) is 0 Å². The molecule has 0 radical (unpaired) electrons. The highest BCUT2D eigenvalue weighted by Gasteiger charge is 1.96. The smallest absolute Gasteiger partial charge is 0.174 e. The molecule has 0 saturated carbocycles. The third-order valence-corrected chi connectivity index (χ3v) is 2.08. The number of unbranched alkanes of at least 4 members (excludes halogenated alkanes) is 1. The Kier molecular flexibility index (Phi) is 3.96. The second-order valence-corrected chi connectivity index (χ2v) is 3.26. The number of aryl methyl sites for hydroxylation is 1. The zero-order valence-corrected chi connectivity index (χ0v) is 7.39. The van der Waals surface area contributed by atoms with E-state index in [0.29, 0.717) is 0 Å². The summed E-state index contributed by atoms with van der Waals surface area (Å²) in [7, 11) is 0. The molecular formula is C6H12N4S. The zero-order chi connectivity index (χ0) is 7.94. The maximum Gasteiger partial charge on any atom is 0.174 e. The summed E-state index contributed by atoms with van der Waals surface area (Å²) in [6.07, 6.45) is 5.45. The maximum absolute atomic E-state index is 3.86. The highest BCUT2D eigenvalue weighted by molar-refractivity contribution is 7.98. The highest BCUT2D eigenvalue weighted by atomic mass is 32.2. The van der Waals surface area contributed by atoms with E-state index >= 15 is 0 Å². The monoisotopic (exact) mass is 172 g/mol. The van der Waals surface area contributed by atoms with Crippen LogP contribution in [0.4, 0.5) is 0 Å². The van der Waals surface area contributed by atoms with E-state index in [1.54, 1.807) is 0 Å². The predicted octanol–water partition coefficient (Wildman–Crippen LogP) is 0.885. The summed E-state index contributed by atoms with van der Waals surface area (Å²) in [5.41, 5.74) is 0. The lowest BCUT2D eigenvalue weighted by molar-refractivity contribution is 0.760. The molecule has 0 fully saturated rings. The lowest BCUT2D eigenvalue weighted by Gasteiger charge is -1.93. The van der Waals surface area contributed by atoms with Gasteiger partial charge in [-0.15, -0.1) is 10.2 Å². The van der Waals surface area contributed by atoms with E-state index in [1.807, 2.05) is 11.8 Å². The largest absolute Gasteiger partial charge is 0.177 e. The first-order valence-corrected chi connectivity index (χ1v) is 5.04. The number of rotatable bonds is 5. The van der Waals surface area contributed by atoms with Crippen LogP contribution < -0.4 is 0 Å². The molecule has 0 saturated heterocycles. The molecule has 11 heavy (non-hydrogen) atoms. The first kappa shape index (κ1) is 8.52. The van der Waals surface area contributed by atoms with Crippen molar-refractivity contribution in [3.63, 3.8) is 0 Å². The molecule has 1 rings (SSSR count). The van der Waals surface area contributed by atoms with Crippen molar-refractivity contribution in [1.29, 1.82) is 0 Å². The van der Waals surface area contributed by atoms with Gasteiger partial charge in [0.05, 0.1) is 0 Å². The predicted molar refractivity (Wildman–Crippen MR) is 45.5 cm³/mol. The van der Waals surface area contributed by atoms with E-state index in [2.05, 4.69) is 26.9 Å². The Morgan fingerprint density at radius 2 is 2.36 bits per heavy atom. The second kappa shape index (κ2) is 5.12. The average molecular weight is 172 g/mol. The normalized spacial score (nSPS) is 10.3. The zero-order valence-electron chi connectivity index (χ0n) is 6.58. The molecule has 62 valence electrons. The fourth-order valence-corrected chi connectivity index (χ4v) is 1.31. The number of aromatic nitrogens is 4. The minimum absolute atomic E-state index is 0.825. The van der Waals surface area contributed by atoms with Gasteiger partial charge in [0.1, 0.15) is 0 Å². The molecule has 1 N–H and O–H groups in total. The second-order valence-electron chi connectivity index (χ2n) is 2.28. The van der Waals surface area contributed by atoms with Gasteiger partial charge < -0.3 is 0 Å². The van der Waals surface area contributed by atoms with Gasteiger partial charge in [-0.3, -0.25) is 0 Å². The van der Waals surface area contributed by atoms with Crippen molar-refractivity contribution in [1.82, 2.24) is 20.6 Å². The van der Waals surface area contributed by atoms with Crippen LogP contribution in [0.5, 0.6) is 0 Å². The fourth-order valence-electron chi connectivity index (χ4n) is 0.818. The quantitative estimate of drug-likeness (QED) is 0.670. The summed E-state index contributed by atoms with van der Waals surface area (Å²) in [4.78, 5) is 0. The first-order chi connectivity index (χ1) is 5.43. The van der Waals surface area contributed by atoms with E-state index in [1.165, 1.54) is 12.2 Å². The molecule has 4 nitrogen and oxygen atoms in total. The molecule has 0 unspecified atom stereocenters. The molecule has 1 heterocycles. The number of hydrogen-bond acceptors (Lipinski definition) is 4. The number of aromatic amines is 1. The van der Waals surface area contributed by atoms with Gasteiger partial charge in [0.15, 0.2) is 5.82 Å². The van der Waals surface area contributed by atoms with E-state index in [0.717, 1.165) is 18.7 Å². The van der Waals surface area contributed by atoms with Crippen LogP contribution in [0.15, 0.2) is 0 Å².